The summed E-state index contributed by atoms with van der Waals surface area (Å²) >= 11 is 0. The Morgan fingerprint density at radius 3 is 0.767 bits per heavy atom. The molecule has 0 bridgehead atoms. The Morgan fingerprint density at radius 2 is 0.567 bits per heavy atom. The third-order valence-corrected chi connectivity index (χ3v) is 7.61. The van der Waals surface area contributed by atoms with E-state index in [1.807, 2.05) is 0 Å². The Labute approximate surface area is 182 Å². The Bertz CT molecular complexity index is 954. The summed E-state index contributed by atoms with van der Waals surface area (Å²) in [5.74, 6) is 0. The second kappa shape index (κ2) is 7.73. The van der Waals surface area contributed by atoms with Crippen LogP contribution in [0.1, 0.15) is 94.5 Å². The fourth-order valence-electron chi connectivity index (χ4n) is 5.83. The SMILES string of the molecule is CCc1cc2c(cc1CC)Cc1cc3c(cc1C2)Cc1cc(CC)c(CC)cc1C3. The van der Waals surface area contributed by atoms with Gasteiger partial charge in [0.2, 0.25) is 0 Å². The van der Waals surface area contributed by atoms with Gasteiger partial charge in [-0.05, 0) is 118 Å². The van der Waals surface area contributed by atoms with Gasteiger partial charge in [0.25, 0.3) is 0 Å². The molecule has 5 rings (SSSR count). The highest BCUT2D eigenvalue weighted by molar-refractivity contribution is 5.55. The summed E-state index contributed by atoms with van der Waals surface area (Å²) < 4.78 is 0. The molecule has 3 aromatic carbocycles. The molecule has 0 N–H and O–H groups in total. The van der Waals surface area contributed by atoms with Gasteiger partial charge in [-0.15, -0.1) is 0 Å². The number of benzene rings is 3. The van der Waals surface area contributed by atoms with Crippen molar-refractivity contribution in [2.75, 3.05) is 0 Å². The Kier molecular flexibility index (Phi) is 5.05. The lowest BCUT2D eigenvalue weighted by molar-refractivity contribution is 0.920. The molecular weight excluding hydrogens is 360 g/mol. The molecular formula is C30H34. The first kappa shape index (κ1) is 19.6. The van der Waals surface area contributed by atoms with Gasteiger partial charge in [0.15, 0.2) is 0 Å². The molecule has 0 saturated heterocycles. The first-order valence-corrected chi connectivity index (χ1v) is 12.0. The standard InChI is InChI=1S/C30H34/c1-5-19-9-23-13-27-17-29-15-25-11-21(7-3)22(8-4)12-26(25)16-30(29)18-28(27)14-24(23)10-20(19)6-2/h9-12,17-18H,5-8,13-16H2,1-4H3. The maximum atomic E-state index is 2.55. The van der Waals surface area contributed by atoms with Crippen molar-refractivity contribution in [3.63, 3.8) is 0 Å². The number of hydrogen-bond acceptors (Lipinski definition) is 0. The van der Waals surface area contributed by atoms with Gasteiger partial charge in [-0.2, -0.15) is 0 Å². The van der Waals surface area contributed by atoms with Crippen LogP contribution in [0.3, 0.4) is 0 Å². The number of rotatable bonds is 4. The summed E-state index contributed by atoms with van der Waals surface area (Å²) in [6.07, 6.45) is 9.00. The fraction of sp³-hybridized carbons (Fsp3) is 0.400. The molecule has 0 amide bonds. The lowest BCUT2D eigenvalue weighted by atomic mass is 9.77. The maximum absolute atomic E-state index is 2.55. The molecule has 0 nitrogen and oxygen atoms in total. The smallest absolute Gasteiger partial charge is 0.00199 e. The minimum atomic E-state index is 1.11. The highest BCUT2D eigenvalue weighted by atomic mass is 14.3. The van der Waals surface area contributed by atoms with E-state index in [9.17, 15) is 0 Å². The van der Waals surface area contributed by atoms with E-state index in [4.69, 9.17) is 0 Å². The first-order valence-electron chi connectivity index (χ1n) is 12.0. The van der Waals surface area contributed by atoms with E-state index in [0.29, 0.717) is 0 Å². The lowest BCUT2D eigenvalue weighted by Crippen LogP contribution is -2.15. The van der Waals surface area contributed by atoms with Gasteiger partial charge in [0.1, 0.15) is 0 Å². The summed E-state index contributed by atoms with van der Waals surface area (Å²) in [5, 5.41) is 0. The predicted octanol–water partition coefficient (Wildman–Crippen LogP) is 6.93. The van der Waals surface area contributed by atoms with Crippen LogP contribution in [0.4, 0.5) is 0 Å². The molecule has 3 aromatic rings. The molecule has 0 saturated carbocycles. The topological polar surface area (TPSA) is 0 Å². The van der Waals surface area contributed by atoms with Crippen LogP contribution in [0, 0.1) is 0 Å². The fourth-order valence-corrected chi connectivity index (χ4v) is 5.83. The van der Waals surface area contributed by atoms with Gasteiger partial charge in [-0.25, -0.2) is 0 Å². The molecule has 0 radical (unpaired) electrons. The number of hydrogen-bond donors (Lipinski definition) is 0. The van der Waals surface area contributed by atoms with Crippen molar-refractivity contribution in [1.29, 1.82) is 0 Å². The molecule has 0 unspecified atom stereocenters. The summed E-state index contributed by atoms with van der Waals surface area (Å²) in [5.41, 5.74) is 18.7. The molecule has 0 heterocycles. The van der Waals surface area contributed by atoms with Gasteiger partial charge in [0, 0.05) is 0 Å². The van der Waals surface area contributed by atoms with Gasteiger partial charge >= 0.3 is 0 Å². The zero-order valence-electron chi connectivity index (χ0n) is 19.1. The lowest BCUT2D eigenvalue weighted by Gasteiger charge is -2.27. The van der Waals surface area contributed by atoms with E-state index in [1.54, 1.807) is 66.8 Å². The number of aryl methyl sites for hydroxylation is 4. The first-order chi connectivity index (χ1) is 14.6. The second-order valence-electron chi connectivity index (χ2n) is 9.29. The third-order valence-electron chi connectivity index (χ3n) is 7.61. The van der Waals surface area contributed by atoms with Crippen LogP contribution < -0.4 is 0 Å². The van der Waals surface area contributed by atoms with Gasteiger partial charge < -0.3 is 0 Å². The van der Waals surface area contributed by atoms with Crippen LogP contribution in [-0.4, -0.2) is 0 Å². The average molecular weight is 395 g/mol. The highest BCUT2D eigenvalue weighted by Gasteiger charge is 2.23. The summed E-state index contributed by atoms with van der Waals surface area (Å²) in [7, 11) is 0. The quantitative estimate of drug-likeness (QED) is 0.310. The van der Waals surface area contributed by atoms with E-state index < -0.39 is 0 Å². The maximum Gasteiger partial charge on any atom is -0.00199 e. The van der Waals surface area contributed by atoms with Crippen LogP contribution in [0.15, 0.2) is 36.4 Å². The summed E-state index contributed by atoms with van der Waals surface area (Å²) in [6, 6.07) is 15.1. The van der Waals surface area contributed by atoms with Crippen molar-refractivity contribution in [3.8, 4) is 0 Å². The third kappa shape index (κ3) is 3.22. The second-order valence-corrected chi connectivity index (χ2v) is 9.29. The van der Waals surface area contributed by atoms with E-state index >= 15 is 0 Å². The normalized spacial score (nSPS) is 14.0. The molecule has 0 heteroatoms. The van der Waals surface area contributed by atoms with Crippen LogP contribution in [-0.2, 0) is 51.4 Å². The Hall–Kier alpha value is -2.34. The van der Waals surface area contributed by atoms with Gasteiger partial charge in [0.05, 0.1) is 0 Å². The predicted molar refractivity (Wildman–Crippen MR) is 128 cm³/mol. The van der Waals surface area contributed by atoms with Crippen molar-refractivity contribution in [2.45, 2.75) is 79.1 Å². The monoisotopic (exact) mass is 394 g/mol. The van der Waals surface area contributed by atoms with Gasteiger partial charge in [-0.3, -0.25) is 0 Å². The molecule has 0 aliphatic heterocycles. The molecule has 2 aliphatic carbocycles. The van der Waals surface area contributed by atoms with Crippen molar-refractivity contribution < 1.29 is 0 Å². The summed E-state index contributed by atoms with van der Waals surface area (Å²) in [4.78, 5) is 0. The van der Waals surface area contributed by atoms with Crippen LogP contribution in [0.25, 0.3) is 0 Å². The van der Waals surface area contributed by atoms with E-state index in [2.05, 4.69) is 64.1 Å². The van der Waals surface area contributed by atoms with E-state index in [0.717, 1.165) is 51.4 Å². The molecule has 2 aliphatic rings. The minimum absolute atomic E-state index is 1.11. The Balaban J connectivity index is 1.52. The molecule has 30 heavy (non-hydrogen) atoms. The molecule has 0 aromatic heterocycles. The summed E-state index contributed by atoms with van der Waals surface area (Å²) in [6.45, 7) is 9.17. The van der Waals surface area contributed by atoms with Crippen molar-refractivity contribution in [1.82, 2.24) is 0 Å². The number of fused-ring (bicyclic) bond motifs is 4. The van der Waals surface area contributed by atoms with E-state index in [1.165, 1.54) is 0 Å². The van der Waals surface area contributed by atoms with Crippen molar-refractivity contribution in [3.05, 3.63) is 103 Å². The Morgan fingerprint density at radius 1 is 0.367 bits per heavy atom. The minimum Gasteiger partial charge on any atom is -0.0613 e. The van der Waals surface area contributed by atoms with Gasteiger partial charge in [-0.1, -0.05) is 64.1 Å². The van der Waals surface area contributed by atoms with Crippen molar-refractivity contribution >= 4 is 0 Å². The largest absolute Gasteiger partial charge is 0.0613 e. The highest BCUT2D eigenvalue weighted by Crippen LogP contribution is 2.36. The molecule has 154 valence electrons. The molecule has 0 fully saturated rings. The van der Waals surface area contributed by atoms with Crippen LogP contribution in [0.5, 0.6) is 0 Å². The zero-order chi connectivity index (χ0) is 20.8. The van der Waals surface area contributed by atoms with E-state index in [-0.39, 0.29) is 0 Å². The zero-order valence-corrected chi connectivity index (χ0v) is 19.1. The van der Waals surface area contributed by atoms with Crippen LogP contribution >= 0.6 is 0 Å². The van der Waals surface area contributed by atoms with Crippen molar-refractivity contribution in [2.24, 2.45) is 0 Å². The average Bonchev–Trinajstić information content (AvgIpc) is 2.78. The molecule has 0 atom stereocenters. The van der Waals surface area contributed by atoms with Crippen LogP contribution in [0.2, 0.25) is 0 Å². The molecule has 0 spiro atoms.